The van der Waals surface area contributed by atoms with Gasteiger partial charge in [0.25, 0.3) is 0 Å². The van der Waals surface area contributed by atoms with Gasteiger partial charge in [0, 0.05) is 48.6 Å². The monoisotopic (exact) mass is 807 g/mol. The number of benzene rings is 9. The molecule has 3 nitrogen and oxygen atoms in total. The number of fused-ring (bicyclic) bond motifs is 9. The fraction of sp³-hybridized carbons (Fsp3) is 0. The molecule has 0 fully saturated rings. The van der Waals surface area contributed by atoms with Crippen LogP contribution in [0.4, 0.5) is 0 Å². The van der Waals surface area contributed by atoms with E-state index in [0.29, 0.717) is 0 Å². The highest BCUT2D eigenvalue weighted by Gasteiger charge is 2.19. The Morgan fingerprint density at radius 2 is 0.597 bits per heavy atom. The highest BCUT2D eigenvalue weighted by atomic mass is 32.1. The first-order valence-electron chi connectivity index (χ1n) is 21.2. The number of hydrogen-bond donors (Lipinski definition) is 0. The molecule has 4 aromatic heterocycles. The highest BCUT2D eigenvalue weighted by molar-refractivity contribution is 7.18. The van der Waals surface area contributed by atoms with Crippen molar-refractivity contribution in [3.05, 3.63) is 224 Å². The van der Waals surface area contributed by atoms with Gasteiger partial charge in [0.15, 0.2) is 0 Å². The summed E-state index contributed by atoms with van der Waals surface area (Å²) in [6.07, 6.45) is 0. The molecule has 62 heavy (non-hydrogen) atoms. The summed E-state index contributed by atoms with van der Waals surface area (Å²) in [5, 5.41) is 8.70. The number of rotatable bonds is 6. The zero-order chi connectivity index (χ0) is 40.7. The van der Waals surface area contributed by atoms with Crippen molar-refractivity contribution in [1.82, 2.24) is 13.7 Å². The minimum atomic E-state index is 1.17. The van der Waals surface area contributed by atoms with Gasteiger partial charge in [0.05, 0.1) is 33.1 Å². The first kappa shape index (κ1) is 34.9. The lowest BCUT2D eigenvalue weighted by atomic mass is 9.98. The molecule has 0 unspecified atom stereocenters. The van der Waals surface area contributed by atoms with Crippen molar-refractivity contribution in [2.45, 2.75) is 0 Å². The lowest BCUT2D eigenvalue weighted by Gasteiger charge is -2.08. The summed E-state index contributed by atoms with van der Waals surface area (Å²) in [5.41, 5.74) is 15.6. The smallest absolute Gasteiger partial charge is 0.101 e. The third-order valence-corrected chi connectivity index (χ3v) is 13.8. The van der Waals surface area contributed by atoms with Crippen molar-refractivity contribution in [2.24, 2.45) is 0 Å². The topological polar surface area (TPSA) is 14.8 Å². The normalized spacial score (nSPS) is 11.9. The number of hydrogen-bond acceptors (Lipinski definition) is 1. The molecule has 0 aliphatic rings. The molecule has 0 saturated heterocycles. The minimum absolute atomic E-state index is 1.17. The zero-order valence-electron chi connectivity index (χ0n) is 33.6. The average Bonchev–Trinajstić information content (AvgIpc) is 4.12. The molecule has 0 amide bonds. The van der Waals surface area contributed by atoms with Crippen LogP contribution in [0, 0.1) is 0 Å². The summed E-state index contributed by atoms with van der Waals surface area (Å²) in [5.74, 6) is 0. The molecule has 4 heterocycles. The minimum Gasteiger partial charge on any atom is -0.309 e. The van der Waals surface area contributed by atoms with Gasteiger partial charge >= 0.3 is 0 Å². The van der Waals surface area contributed by atoms with Crippen LogP contribution in [0.3, 0.4) is 0 Å². The fourth-order valence-corrected chi connectivity index (χ4v) is 10.9. The van der Waals surface area contributed by atoms with Gasteiger partial charge in [-0.3, -0.25) is 0 Å². The van der Waals surface area contributed by atoms with Crippen LogP contribution in [-0.4, -0.2) is 13.7 Å². The Labute approximate surface area is 362 Å². The van der Waals surface area contributed by atoms with Crippen LogP contribution in [0.1, 0.15) is 0 Å². The molecule has 13 aromatic rings. The molecule has 0 spiro atoms. The van der Waals surface area contributed by atoms with Crippen molar-refractivity contribution >= 4 is 76.8 Å². The van der Waals surface area contributed by atoms with Crippen molar-refractivity contribution in [3.63, 3.8) is 0 Å². The Kier molecular flexibility index (Phi) is 7.78. The van der Waals surface area contributed by atoms with Gasteiger partial charge in [-0.1, -0.05) is 127 Å². The molecule has 0 radical (unpaired) electrons. The van der Waals surface area contributed by atoms with E-state index in [1.807, 2.05) is 11.3 Å². The maximum Gasteiger partial charge on any atom is 0.101 e. The fourth-order valence-electron chi connectivity index (χ4n) is 9.84. The molecule has 0 N–H and O–H groups in total. The van der Waals surface area contributed by atoms with Crippen molar-refractivity contribution < 1.29 is 0 Å². The maximum absolute atomic E-state index is 2.46. The summed E-state index contributed by atoms with van der Waals surface area (Å²) >= 11 is 1.84. The van der Waals surface area contributed by atoms with Crippen LogP contribution in [0.2, 0.25) is 0 Å². The Morgan fingerprint density at radius 3 is 1.05 bits per heavy atom. The third-order valence-electron chi connectivity index (χ3n) is 12.7. The predicted molar refractivity (Wildman–Crippen MR) is 264 cm³/mol. The SMILES string of the molecule is c1ccc(-c2ccc(-n3c4ccc(-c5ccc6c(c5)c5ccccc5n6-c5ccccc5)cc4c4cc(-c5ccc6c(c5)c5ccccc5n6-c5ccccc5)ccc43)s2)cc1. The Bertz CT molecular complexity index is 3630. The standard InChI is InChI=1S/C58H37N3S/c1-4-14-38(15-5-1)57-32-33-58(62-57)61-55-30-26-41(39-24-28-53-47(34-39)45-20-10-12-22-51(45)59(53)43-16-6-2-7-17-43)36-49(55)50-37-42(27-31-56(50)61)40-25-29-54-48(35-40)46-21-11-13-23-52(46)60(54)44-18-8-3-9-19-44/h1-37H. The van der Waals surface area contributed by atoms with E-state index in [4.69, 9.17) is 0 Å². The van der Waals surface area contributed by atoms with Crippen molar-refractivity contribution in [1.29, 1.82) is 0 Å². The molecular formula is C58H37N3S. The molecule has 0 aliphatic carbocycles. The van der Waals surface area contributed by atoms with Gasteiger partial charge in [0.1, 0.15) is 5.00 Å². The van der Waals surface area contributed by atoms with Crippen LogP contribution in [0.5, 0.6) is 0 Å². The summed E-state index contributed by atoms with van der Waals surface area (Å²) < 4.78 is 7.23. The van der Waals surface area contributed by atoms with E-state index in [-0.39, 0.29) is 0 Å². The van der Waals surface area contributed by atoms with E-state index in [1.54, 1.807) is 0 Å². The van der Waals surface area contributed by atoms with E-state index in [1.165, 1.54) is 114 Å². The zero-order valence-corrected chi connectivity index (χ0v) is 34.4. The summed E-state index contributed by atoms with van der Waals surface area (Å²) in [4.78, 5) is 1.26. The highest BCUT2D eigenvalue weighted by Crippen LogP contribution is 2.42. The predicted octanol–water partition coefficient (Wildman–Crippen LogP) is 16.0. The molecule has 9 aromatic carbocycles. The molecule has 4 heteroatoms. The molecule has 0 aliphatic heterocycles. The largest absolute Gasteiger partial charge is 0.309 e. The summed E-state index contributed by atoms with van der Waals surface area (Å²) in [7, 11) is 0. The lowest BCUT2D eigenvalue weighted by molar-refractivity contribution is 1.18. The second-order valence-electron chi connectivity index (χ2n) is 16.1. The van der Waals surface area contributed by atoms with E-state index in [0.717, 1.165) is 0 Å². The quantitative estimate of drug-likeness (QED) is 0.159. The third kappa shape index (κ3) is 5.37. The average molecular weight is 808 g/mol. The van der Waals surface area contributed by atoms with E-state index in [9.17, 15) is 0 Å². The molecule has 0 atom stereocenters. The maximum atomic E-state index is 2.46. The molecular weight excluding hydrogens is 771 g/mol. The van der Waals surface area contributed by atoms with E-state index >= 15 is 0 Å². The number of aromatic nitrogens is 3. The number of nitrogens with zero attached hydrogens (tertiary/aromatic N) is 3. The van der Waals surface area contributed by atoms with Gasteiger partial charge in [-0.05, 0) is 125 Å². The summed E-state index contributed by atoms with van der Waals surface area (Å²) in [6, 6.07) is 82.2. The number of para-hydroxylation sites is 4. The lowest BCUT2D eigenvalue weighted by Crippen LogP contribution is -1.92. The van der Waals surface area contributed by atoms with Gasteiger partial charge in [-0.25, -0.2) is 0 Å². The Hall–Kier alpha value is -7.92. The van der Waals surface area contributed by atoms with E-state index in [2.05, 4.69) is 238 Å². The van der Waals surface area contributed by atoms with Crippen molar-refractivity contribution in [3.8, 4) is 49.1 Å². The first-order chi connectivity index (χ1) is 30.7. The number of thiophene rings is 1. The van der Waals surface area contributed by atoms with Gasteiger partial charge in [-0.2, -0.15) is 0 Å². The van der Waals surface area contributed by atoms with Crippen LogP contribution in [-0.2, 0) is 0 Å². The Morgan fingerprint density at radius 1 is 0.242 bits per heavy atom. The van der Waals surface area contributed by atoms with Gasteiger partial charge in [-0.15, -0.1) is 11.3 Å². The van der Waals surface area contributed by atoms with Crippen LogP contribution in [0.25, 0.3) is 114 Å². The molecule has 13 rings (SSSR count). The summed E-state index contributed by atoms with van der Waals surface area (Å²) in [6.45, 7) is 0. The van der Waals surface area contributed by atoms with Gasteiger partial charge < -0.3 is 13.7 Å². The van der Waals surface area contributed by atoms with Crippen LogP contribution in [0.15, 0.2) is 224 Å². The van der Waals surface area contributed by atoms with Crippen LogP contribution >= 0.6 is 11.3 Å². The van der Waals surface area contributed by atoms with Crippen molar-refractivity contribution in [2.75, 3.05) is 0 Å². The Balaban J connectivity index is 1.01. The van der Waals surface area contributed by atoms with Crippen LogP contribution < -0.4 is 0 Å². The second kappa shape index (κ2) is 13.8. The molecule has 0 bridgehead atoms. The van der Waals surface area contributed by atoms with Gasteiger partial charge in [0.2, 0.25) is 0 Å². The molecule has 0 saturated carbocycles. The first-order valence-corrected chi connectivity index (χ1v) is 22.0. The second-order valence-corrected chi connectivity index (χ2v) is 17.2. The molecule has 290 valence electrons. The van der Waals surface area contributed by atoms with E-state index < -0.39 is 0 Å².